The Morgan fingerprint density at radius 1 is 1.50 bits per heavy atom. The number of nitrogens with zero attached hydrogens (tertiary/aromatic N) is 1. The molecule has 18 heavy (non-hydrogen) atoms. The largest absolute Gasteiger partial charge is 0.444 e. The summed E-state index contributed by atoms with van der Waals surface area (Å²) in [6.07, 6.45) is 3.14. The smallest absolute Gasteiger partial charge is 0.408 e. The molecule has 1 heterocycles. The zero-order valence-electron chi connectivity index (χ0n) is 11.4. The second kappa shape index (κ2) is 5.89. The molecule has 0 aromatic rings. The Morgan fingerprint density at radius 2 is 2.17 bits per heavy atom. The Kier molecular flexibility index (Phi) is 4.76. The highest BCUT2D eigenvalue weighted by Crippen LogP contribution is 2.17. The van der Waals surface area contributed by atoms with Gasteiger partial charge in [0.2, 0.25) is 5.91 Å². The molecule has 1 aliphatic rings. The topological polar surface area (TPSA) is 58.6 Å². The summed E-state index contributed by atoms with van der Waals surface area (Å²) in [4.78, 5) is 25.0. The number of rotatable bonds is 3. The van der Waals surface area contributed by atoms with Crippen LogP contribution in [0, 0.1) is 0 Å². The highest BCUT2D eigenvalue weighted by molar-refractivity contribution is 5.82. The summed E-state index contributed by atoms with van der Waals surface area (Å²) < 4.78 is 5.06. The number of hydrogen-bond donors (Lipinski definition) is 1. The third-order valence-corrected chi connectivity index (χ3v) is 2.67. The van der Waals surface area contributed by atoms with Gasteiger partial charge in [-0.1, -0.05) is 6.08 Å². The number of carbonyl (C=O) groups excluding carboxylic acids is 2. The van der Waals surface area contributed by atoms with Crippen molar-refractivity contribution in [3.63, 3.8) is 0 Å². The summed E-state index contributed by atoms with van der Waals surface area (Å²) >= 11 is 0. The van der Waals surface area contributed by atoms with Gasteiger partial charge in [-0.15, -0.1) is 6.58 Å². The van der Waals surface area contributed by atoms with Gasteiger partial charge in [0.15, 0.2) is 0 Å². The van der Waals surface area contributed by atoms with Gasteiger partial charge in [-0.3, -0.25) is 4.79 Å². The highest BCUT2D eigenvalue weighted by Gasteiger charge is 2.26. The van der Waals surface area contributed by atoms with Crippen molar-refractivity contribution < 1.29 is 14.3 Å². The second-order valence-electron chi connectivity index (χ2n) is 5.39. The Balaban J connectivity index is 2.37. The number of hydrogen-bond acceptors (Lipinski definition) is 3. The second-order valence-corrected chi connectivity index (χ2v) is 5.39. The van der Waals surface area contributed by atoms with Crippen LogP contribution in [-0.4, -0.2) is 41.6 Å². The summed E-state index contributed by atoms with van der Waals surface area (Å²) in [6.45, 7) is 9.75. The van der Waals surface area contributed by atoms with Gasteiger partial charge in [-0.05, 0) is 33.6 Å². The lowest BCUT2D eigenvalue weighted by Gasteiger charge is -2.23. The van der Waals surface area contributed by atoms with Gasteiger partial charge >= 0.3 is 6.09 Å². The van der Waals surface area contributed by atoms with Crippen molar-refractivity contribution >= 4 is 12.0 Å². The summed E-state index contributed by atoms with van der Waals surface area (Å²) in [6, 6.07) is 0.0953. The quantitative estimate of drug-likeness (QED) is 0.780. The van der Waals surface area contributed by atoms with E-state index < -0.39 is 11.7 Å². The van der Waals surface area contributed by atoms with Crippen LogP contribution in [0.3, 0.4) is 0 Å². The average Bonchev–Trinajstić information content (AvgIpc) is 2.71. The summed E-state index contributed by atoms with van der Waals surface area (Å²) in [5.74, 6) is -0.0942. The minimum atomic E-state index is -0.565. The summed E-state index contributed by atoms with van der Waals surface area (Å²) in [5.41, 5.74) is -0.551. The van der Waals surface area contributed by atoms with E-state index >= 15 is 0 Å². The first-order valence-electron chi connectivity index (χ1n) is 6.22. The maximum absolute atomic E-state index is 11.9. The Hall–Kier alpha value is -1.52. The minimum Gasteiger partial charge on any atom is -0.444 e. The van der Waals surface area contributed by atoms with E-state index in [1.807, 2.05) is 0 Å². The first-order chi connectivity index (χ1) is 8.33. The SMILES string of the molecule is C=C[C@@H]1CCCN1C(=O)CNC(=O)OC(C)(C)C. The summed E-state index contributed by atoms with van der Waals surface area (Å²) in [7, 11) is 0. The van der Waals surface area contributed by atoms with Crippen molar-refractivity contribution in [2.24, 2.45) is 0 Å². The first kappa shape index (κ1) is 14.5. The van der Waals surface area contributed by atoms with Gasteiger partial charge in [0.25, 0.3) is 0 Å². The van der Waals surface area contributed by atoms with E-state index in [9.17, 15) is 9.59 Å². The molecular formula is C13H22N2O3. The molecule has 5 heteroatoms. The van der Waals surface area contributed by atoms with Crippen molar-refractivity contribution in [1.82, 2.24) is 10.2 Å². The standard InChI is InChI=1S/C13H22N2O3/c1-5-10-7-6-8-15(10)11(16)9-14-12(17)18-13(2,3)4/h5,10H,1,6-9H2,2-4H3,(H,14,17)/t10-/m1/s1. The maximum Gasteiger partial charge on any atom is 0.408 e. The number of amides is 2. The van der Waals surface area contributed by atoms with Gasteiger partial charge in [0.1, 0.15) is 12.1 Å². The van der Waals surface area contributed by atoms with Gasteiger partial charge in [0, 0.05) is 12.6 Å². The number of carbonyl (C=O) groups is 2. The highest BCUT2D eigenvalue weighted by atomic mass is 16.6. The number of alkyl carbamates (subject to hydrolysis) is 1. The third kappa shape index (κ3) is 4.39. The van der Waals surface area contributed by atoms with Crippen molar-refractivity contribution in [2.45, 2.75) is 45.3 Å². The molecule has 1 saturated heterocycles. The van der Waals surface area contributed by atoms with E-state index in [4.69, 9.17) is 4.74 Å². The molecule has 1 rings (SSSR count). The fraction of sp³-hybridized carbons (Fsp3) is 0.692. The molecule has 0 saturated carbocycles. The van der Waals surface area contributed by atoms with Crippen LogP contribution in [0.15, 0.2) is 12.7 Å². The Morgan fingerprint density at radius 3 is 2.72 bits per heavy atom. The zero-order chi connectivity index (χ0) is 13.8. The van der Waals surface area contributed by atoms with E-state index in [-0.39, 0.29) is 18.5 Å². The maximum atomic E-state index is 11.9. The van der Waals surface area contributed by atoms with Crippen LogP contribution in [0.25, 0.3) is 0 Å². The number of ether oxygens (including phenoxy) is 1. The molecule has 0 unspecified atom stereocenters. The van der Waals surface area contributed by atoms with Crippen LogP contribution in [0.2, 0.25) is 0 Å². The molecule has 1 aliphatic heterocycles. The minimum absolute atomic E-state index is 0.0285. The van der Waals surface area contributed by atoms with Gasteiger partial charge < -0.3 is 15.0 Å². The van der Waals surface area contributed by atoms with Gasteiger partial charge in [0.05, 0.1) is 0 Å². The molecule has 102 valence electrons. The number of nitrogens with one attached hydrogen (secondary N) is 1. The van der Waals surface area contributed by atoms with Crippen LogP contribution in [-0.2, 0) is 9.53 Å². The molecule has 1 fully saturated rings. The predicted octanol–water partition coefficient (Wildman–Crippen LogP) is 1.69. The normalized spacial score (nSPS) is 19.5. The lowest BCUT2D eigenvalue weighted by molar-refractivity contribution is -0.130. The zero-order valence-corrected chi connectivity index (χ0v) is 11.4. The summed E-state index contributed by atoms with van der Waals surface area (Å²) in [5, 5.41) is 2.47. The fourth-order valence-electron chi connectivity index (χ4n) is 1.91. The Bertz CT molecular complexity index is 334. The Labute approximate surface area is 108 Å². The first-order valence-corrected chi connectivity index (χ1v) is 6.22. The fourth-order valence-corrected chi connectivity index (χ4v) is 1.91. The van der Waals surface area contributed by atoms with Crippen LogP contribution in [0.5, 0.6) is 0 Å². The van der Waals surface area contributed by atoms with Crippen molar-refractivity contribution in [3.05, 3.63) is 12.7 Å². The van der Waals surface area contributed by atoms with Crippen LogP contribution >= 0.6 is 0 Å². The lowest BCUT2D eigenvalue weighted by Crippen LogP contribution is -2.43. The molecule has 0 radical (unpaired) electrons. The van der Waals surface area contributed by atoms with Crippen molar-refractivity contribution in [3.8, 4) is 0 Å². The van der Waals surface area contributed by atoms with Crippen molar-refractivity contribution in [1.29, 1.82) is 0 Å². The molecule has 1 N–H and O–H groups in total. The molecule has 2 amide bonds. The van der Waals surface area contributed by atoms with Gasteiger partial charge in [-0.2, -0.15) is 0 Å². The molecular weight excluding hydrogens is 232 g/mol. The van der Waals surface area contributed by atoms with Crippen LogP contribution in [0.4, 0.5) is 4.79 Å². The predicted molar refractivity (Wildman–Crippen MR) is 69.2 cm³/mol. The van der Waals surface area contributed by atoms with Crippen LogP contribution in [0.1, 0.15) is 33.6 Å². The van der Waals surface area contributed by atoms with E-state index in [0.717, 1.165) is 19.4 Å². The molecule has 0 spiro atoms. The number of likely N-dealkylation sites (tertiary alicyclic amines) is 1. The molecule has 5 nitrogen and oxygen atoms in total. The van der Waals surface area contributed by atoms with E-state index in [1.165, 1.54) is 0 Å². The van der Waals surface area contributed by atoms with E-state index in [1.54, 1.807) is 31.7 Å². The molecule has 1 atom stereocenters. The average molecular weight is 254 g/mol. The van der Waals surface area contributed by atoms with E-state index in [0.29, 0.717) is 0 Å². The van der Waals surface area contributed by atoms with E-state index in [2.05, 4.69) is 11.9 Å². The monoisotopic (exact) mass is 254 g/mol. The molecule has 0 aliphatic carbocycles. The molecule has 0 aromatic heterocycles. The van der Waals surface area contributed by atoms with Crippen molar-refractivity contribution in [2.75, 3.05) is 13.1 Å². The molecule has 0 bridgehead atoms. The lowest BCUT2D eigenvalue weighted by atomic mass is 10.2. The molecule has 0 aromatic carbocycles. The van der Waals surface area contributed by atoms with Crippen LogP contribution < -0.4 is 5.32 Å². The third-order valence-electron chi connectivity index (χ3n) is 2.67. The van der Waals surface area contributed by atoms with Gasteiger partial charge in [-0.25, -0.2) is 4.79 Å².